The van der Waals surface area contributed by atoms with Crippen molar-refractivity contribution in [1.82, 2.24) is 5.16 Å². The Bertz CT molecular complexity index is 709. The Labute approximate surface area is 138 Å². The fraction of sp³-hybridized carbons (Fsp3) is 0.312. The zero-order chi connectivity index (χ0) is 17.0. The monoisotopic (exact) mass is 336 g/mol. The molecule has 6 nitrogen and oxygen atoms in total. The van der Waals surface area contributed by atoms with Gasteiger partial charge in [-0.2, -0.15) is 0 Å². The number of hydrogen-bond donors (Lipinski definition) is 1. The van der Waals surface area contributed by atoms with Crippen LogP contribution in [0.2, 0.25) is 5.02 Å². The molecule has 0 spiro atoms. The number of amides is 1. The summed E-state index contributed by atoms with van der Waals surface area (Å²) in [4.78, 5) is 24.3. The van der Waals surface area contributed by atoms with Crippen LogP contribution in [0.5, 0.6) is 0 Å². The number of anilines is 1. The van der Waals surface area contributed by atoms with Crippen LogP contribution >= 0.6 is 11.6 Å². The number of aryl methyl sites for hydroxylation is 2. The van der Waals surface area contributed by atoms with E-state index in [9.17, 15) is 9.59 Å². The van der Waals surface area contributed by atoms with E-state index in [4.69, 9.17) is 20.9 Å². The summed E-state index contributed by atoms with van der Waals surface area (Å²) in [5, 5.41) is 7.01. The van der Waals surface area contributed by atoms with Crippen LogP contribution in [0.1, 0.15) is 35.7 Å². The van der Waals surface area contributed by atoms with E-state index in [-0.39, 0.29) is 5.56 Å². The van der Waals surface area contributed by atoms with Crippen molar-refractivity contribution in [3.8, 4) is 0 Å². The summed E-state index contributed by atoms with van der Waals surface area (Å²) in [7, 11) is 0. The lowest BCUT2D eigenvalue weighted by atomic mass is 10.1. The van der Waals surface area contributed by atoms with Gasteiger partial charge in [0.15, 0.2) is 6.10 Å². The number of carbonyl (C=O) groups is 2. The molecule has 23 heavy (non-hydrogen) atoms. The van der Waals surface area contributed by atoms with Gasteiger partial charge in [-0.3, -0.25) is 4.79 Å². The van der Waals surface area contributed by atoms with Gasteiger partial charge in [0.05, 0.1) is 5.69 Å². The molecule has 0 saturated carbocycles. The summed E-state index contributed by atoms with van der Waals surface area (Å²) < 4.78 is 10.2. The Morgan fingerprint density at radius 3 is 2.61 bits per heavy atom. The molecule has 122 valence electrons. The molecule has 0 unspecified atom stereocenters. The van der Waals surface area contributed by atoms with Crippen molar-refractivity contribution in [2.75, 3.05) is 5.32 Å². The predicted molar refractivity (Wildman–Crippen MR) is 85.6 cm³/mol. The molecule has 1 aromatic heterocycles. The van der Waals surface area contributed by atoms with Gasteiger partial charge in [-0.05, 0) is 44.5 Å². The Kier molecular flexibility index (Phi) is 5.39. The minimum atomic E-state index is -0.961. The highest BCUT2D eigenvalue weighted by molar-refractivity contribution is 6.30. The molecular formula is C16H17ClN2O4. The third-order valence-corrected chi connectivity index (χ3v) is 3.49. The topological polar surface area (TPSA) is 81.4 Å². The third-order valence-electron chi connectivity index (χ3n) is 3.24. The fourth-order valence-corrected chi connectivity index (χ4v) is 2.10. The first-order valence-electron chi connectivity index (χ1n) is 7.15. The van der Waals surface area contributed by atoms with Gasteiger partial charge in [-0.1, -0.05) is 23.7 Å². The van der Waals surface area contributed by atoms with Crippen LogP contribution in [0.3, 0.4) is 0 Å². The van der Waals surface area contributed by atoms with Crippen LogP contribution in [0.25, 0.3) is 0 Å². The Balaban J connectivity index is 2.01. The van der Waals surface area contributed by atoms with Crippen LogP contribution in [-0.2, 0) is 16.0 Å². The van der Waals surface area contributed by atoms with Gasteiger partial charge in [0, 0.05) is 10.7 Å². The van der Waals surface area contributed by atoms with Crippen molar-refractivity contribution in [3.05, 3.63) is 46.3 Å². The molecule has 1 atom stereocenters. The summed E-state index contributed by atoms with van der Waals surface area (Å²) in [5.41, 5.74) is 1.36. The smallest absolute Gasteiger partial charge is 0.344 e. The van der Waals surface area contributed by atoms with Crippen molar-refractivity contribution in [3.63, 3.8) is 0 Å². The first kappa shape index (κ1) is 17.0. The van der Waals surface area contributed by atoms with Gasteiger partial charge in [0.2, 0.25) is 0 Å². The summed E-state index contributed by atoms with van der Waals surface area (Å²) in [6.45, 7) is 4.98. The second-order valence-corrected chi connectivity index (χ2v) is 5.39. The number of halogens is 1. The molecule has 0 aliphatic carbocycles. The second-order valence-electron chi connectivity index (χ2n) is 4.96. The summed E-state index contributed by atoms with van der Waals surface area (Å²) in [5.74, 6) is -0.690. The molecule has 7 heteroatoms. The highest BCUT2D eigenvalue weighted by Crippen LogP contribution is 2.17. The molecule has 0 saturated heterocycles. The summed E-state index contributed by atoms with van der Waals surface area (Å²) in [6.07, 6.45) is -0.426. The number of rotatable bonds is 5. The number of esters is 1. The molecule has 1 heterocycles. The molecule has 1 aromatic carbocycles. The van der Waals surface area contributed by atoms with E-state index in [1.54, 1.807) is 31.2 Å². The summed E-state index contributed by atoms with van der Waals surface area (Å²) >= 11 is 5.78. The molecule has 1 N–H and O–H groups in total. The quantitative estimate of drug-likeness (QED) is 0.846. The van der Waals surface area contributed by atoms with Gasteiger partial charge in [0.1, 0.15) is 11.3 Å². The lowest BCUT2D eigenvalue weighted by Gasteiger charge is -2.13. The number of benzene rings is 1. The maximum absolute atomic E-state index is 12.2. The van der Waals surface area contributed by atoms with Crippen LogP contribution in [0.15, 0.2) is 28.8 Å². The molecule has 0 aliphatic rings. The molecule has 2 aromatic rings. The molecule has 2 rings (SSSR count). The average Bonchev–Trinajstić information content (AvgIpc) is 2.90. The van der Waals surface area contributed by atoms with Crippen molar-refractivity contribution in [2.45, 2.75) is 33.3 Å². The number of nitrogens with zero attached hydrogens (tertiary/aromatic N) is 1. The normalized spacial score (nSPS) is 11.8. The fourth-order valence-electron chi connectivity index (χ4n) is 1.97. The standard InChI is InChI=1S/C16H17ClN2O4/c1-4-13-14(9(2)23-19-13)16(21)22-10(3)15(20)18-12-7-5-11(17)6-8-12/h5-8,10H,4H2,1-3H3,(H,18,20)/t10-/m1/s1. The minimum Gasteiger partial charge on any atom is -0.449 e. The number of nitrogens with one attached hydrogen (secondary N) is 1. The molecule has 0 fully saturated rings. The van der Waals surface area contributed by atoms with Gasteiger partial charge in [-0.25, -0.2) is 4.79 Å². The van der Waals surface area contributed by atoms with Crippen LogP contribution < -0.4 is 5.32 Å². The second kappa shape index (κ2) is 7.28. The largest absolute Gasteiger partial charge is 0.449 e. The Hall–Kier alpha value is -2.34. The first-order valence-corrected chi connectivity index (χ1v) is 7.52. The lowest BCUT2D eigenvalue weighted by Crippen LogP contribution is -2.30. The summed E-state index contributed by atoms with van der Waals surface area (Å²) in [6, 6.07) is 6.63. The zero-order valence-electron chi connectivity index (χ0n) is 13.1. The van der Waals surface area contributed by atoms with E-state index in [0.717, 1.165) is 0 Å². The highest BCUT2D eigenvalue weighted by atomic mass is 35.5. The number of hydrogen-bond acceptors (Lipinski definition) is 5. The van der Waals surface area contributed by atoms with Crippen LogP contribution in [0.4, 0.5) is 5.69 Å². The number of ether oxygens (including phenoxy) is 1. The Morgan fingerprint density at radius 2 is 2.00 bits per heavy atom. The minimum absolute atomic E-state index is 0.277. The van der Waals surface area contributed by atoms with Gasteiger partial charge >= 0.3 is 5.97 Å². The van der Waals surface area contributed by atoms with Crippen molar-refractivity contribution in [1.29, 1.82) is 0 Å². The van der Waals surface area contributed by atoms with Crippen molar-refractivity contribution < 1.29 is 18.8 Å². The van der Waals surface area contributed by atoms with Gasteiger partial charge in [0.25, 0.3) is 5.91 Å². The highest BCUT2D eigenvalue weighted by Gasteiger charge is 2.25. The number of carbonyl (C=O) groups excluding carboxylic acids is 2. The van der Waals surface area contributed by atoms with E-state index < -0.39 is 18.0 Å². The maximum Gasteiger partial charge on any atom is 0.344 e. The zero-order valence-corrected chi connectivity index (χ0v) is 13.8. The van der Waals surface area contributed by atoms with Crippen molar-refractivity contribution >= 4 is 29.2 Å². The van der Waals surface area contributed by atoms with Gasteiger partial charge < -0.3 is 14.6 Å². The molecular weight excluding hydrogens is 320 g/mol. The van der Waals surface area contributed by atoms with E-state index in [1.807, 2.05) is 6.92 Å². The Morgan fingerprint density at radius 1 is 1.35 bits per heavy atom. The maximum atomic E-state index is 12.2. The van der Waals surface area contributed by atoms with E-state index in [0.29, 0.717) is 28.6 Å². The molecule has 0 aliphatic heterocycles. The molecule has 0 bridgehead atoms. The third kappa shape index (κ3) is 4.10. The van der Waals surface area contributed by atoms with E-state index >= 15 is 0 Å². The van der Waals surface area contributed by atoms with Crippen molar-refractivity contribution in [2.24, 2.45) is 0 Å². The average molecular weight is 337 g/mol. The van der Waals surface area contributed by atoms with E-state index in [2.05, 4.69) is 10.5 Å². The van der Waals surface area contributed by atoms with Gasteiger partial charge in [-0.15, -0.1) is 0 Å². The SMILES string of the molecule is CCc1noc(C)c1C(=O)O[C@H](C)C(=O)Nc1ccc(Cl)cc1. The first-order chi connectivity index (χ1) is 10.9. The molecule has 0 radical (unpaired) electrons. The lowest BCUT2D eigenvalue weighted by molar-refractivity contribution is -0.123. The molecule has 1 amide bonds. The van der Waals surface area contributed by atoms with E-state index in [1.165, 1.54) is 6.92 Å². The van der Waals surface area contributed by atoms with Crippen LogP contribution in [-0.4, -0.2) is 23.1 Å². The van der Waals surface area contributed by atoms with Crippen LogP contribution in [0, 0.1) is 6.92 Å². The number of aromatic nitrogens is 1. The predicted octanol–water partition coefficient (Wildman–Crippen LogP) is 3.38.